The summed E-state index contributed by atoms with van der Waals surface area (Å²) in [7, 11) is 0. The topological polar surface area (TPSA) is 32.3 Å². The Balaban J connectivity index is 1.65. The molecule has 19 heavy (non-hydrogen) atoms. The Kier molecular flexibility index (Phi) is 3.83. The van der Waals surface area contributed by atoms with Crippen molar-refractivity contribution < 1.29 is 4.79 Å². The number of benzene rings is 1. The molecule has 102 valence electrons. The zero-order valence-electron chi connectivity index (χ0n) is 11.3. The average molecular weight is 258 g/mol. The Morgan fingerprint density at radius 3 is 2.79 bits per heavy atom. The predicted octanol–water partition coefficient (Wildman–Crippen LogP) is 1.97. The first-order chi connectivity index (χ1) is 9.34. The summed E-state index contributed by atoms with van der Waals surface area (Å²) in [5, 5.41) is 3.55. The highest BCUT2D eigenvalue weighted by Crippen LogP contribution is 2.25. The maximum atomic E-state index is 12.5. The number of rotatable bonds is 3. The third-order valence-corrected chi connectivity index (χ3v) is 4.38. The molecule has 3 nitrogen and oxygen atoms in total. The summed E-state index contributed by atoms with van der Waals surface area (Å²) in [5.74, 6) is 0.294. The van der Waals surface area contributed by atoms with Crippen molar-refractivity contribution in [3.05, 3.63) is 35.9 Å². The van der Waals surface area contributed by atoms with Crippen LogP contribution in [0.15, 0.2) is 30.3 Å². The molecule has 1 N–H and O–H groups in total. The first-order valence-electron chi connectivity index (χ1n) is 7.41. The molecular weight excluding hydrogens is 236 g/mol. The lowest BCUT2D eigenvalue weighted by molar-refractivity contribution is -0.131. The molecule has 2 saturated heterocycles. The summed E-state index contributed by atoms with van der Waals surface area (Å²) in [6.45, 7) is 2.05. The first kappa shape index (κ1) is 12.7. The van der Waals surface area contributed by atoms with Gasteiger partial charge >= 0.3 is 0 Å². The third-order valence-electron chi connectivity index (χ3n) is 4.38. The van der Waals surface area contributed by atoms with Crippen LogP contribution in [0.4, 0.5) is 0 Å². The minimum atomic E-state index is 0.294. The van der Waals surface area contributed by atoms with Crippen LogP contribution in [0.1, 0.15) is 31.2 Å². The smallest absolute Gasteiger partial charge is 0.227 e. The van der Waals surface area contributed by atoms with Crippen LogP contribution in [0.2, 0.25) is 0 Å². The van der Waals surface area contributed by atoms with Gasteiger partial charge in [0.2, 0.25) is 5.91 Å². The summed E-state index contributed by atoms with van der Waals surface area (Å²) in [4.78, 5) is 14.6. The highest BCUT2D eigenvalue weighted by atomic mass is 16.2. The minimum absolute atomic E-state index is 0.294. The van der Waals surface area contributed by atoms with Crippen LogP contribution in [-0.4, -0.2) is 36.0 Å². The zero-order chi connectivity index (χ0) is 13.1. The molecule has 0 spiro atoms. The van der Waals surface area contributed by atoms with Crippen molar-refractivity contribution in [3.63, 3.8) is 0 Å². The molecule has 0 saturated carbocycles. The summed E-state index contributed by atoms with van der Waals surface area (Å²) >= 11 is 0. The van der Waals surface area contributed by atoms with E-state index >= 15 is 0 Å². The Hall–Kier alpha value is -1.35. The zero-order valence-corrected chi connectivity index (χ0v) is 11.3. The van der Waals surface area contributed by atoms with Crippen molar-refractivity contribution in [1.82, 2.24) is 10.2 Å². The largest absolute Gasteiger partial charge is 0.338 e. The molecule has 1 aromatic rings. The lowest BCUT2D eigenvalue weighted by atomic mass is 10.0. The van der Waals surface area contributed by atoms with Crippen LogP contribution in [0.25, 0.3) is 0 Å². The Morgan fingerprint density at radius 2 is 2.05 bits per heavy atom. The molecule has 2 aliphatic heterocycles. The van der Waals surface area contributed by atoms with E-state index in [4.69, 9.17) is 0 Å². The molecule has 0 aliphatic carbocycles. The fourth-order valence-electron chi connectivity index (χ4n) is 3.43. The van der Waals surface area contributed by atoms with Gasteiger partial charge in [0, 0.05) is 18.6 Å². The molecule has 2 heterocycles. The number of likely N-dealkylation sites (tertiary alicyclic amines) is 1. The first-order valence-corrected chi connectivity index (χ1v) is 7.41. The molecule has 0 radical (unpaired) electrons. The van der Waals surface area contributed by atoms with Gasteiger partial charge < -0.3 is 10.2 Å². The lowest BCUT2D eigenvalue weighted by Gasteiger charge is -2.29. The van der Waals surface area contributed by atoms with Gasteiger partial charge in [0.1, 0.15) is 0 Å². The van der Waals surface area contributed by atoms with E-state index in [1.807, 2.05) is 30.3 Å². The Morgan fingerprint density at radius 1 is 1.21 bits per heavy atom. The molecule has 2 unspecified atom stereocenters. The number of hydrogen-bond acceptors (Lipinski definition) is 2. The molecule has 3 rings (SSSR count). The predicted molar refractivity (Wildman–Crippen MR) is 75.9 cm³/mol. The molecule has 2 atom stereocenters. The summed E-state index contributed by atoms with van der Waals surface area (Å²) in [6.07, 6.45) is 5.34. The maximum Gasteiger partial charge on any atom is 0.227 e. The maximum absolute atomic E-state index is 12.5. The van der Waals surface area contributed by atoms with E-state index in [1.54, 1.807) is 0 Å². The van der Waals surface area contributed by atoms with E-state index in [1.165, 1.54) is 12.8 Å². The molecule has 0 aromatic heterocycles. The highest BCUT2D eigenvalue weighted by Gasteiger charge is 2.35. The van der Waals surface area contributed by atoms with Gasteiger partial charge in [0.15, 0.2) is 0 Å². The number of amides is 1. The quantitative estimate of drug-likeness (QED) is 0.899. The second kappa shape index (κ2) is 5.74. The highest BCUT2D eigenvalue weighted by molar-refractivity contribution is 5.79. The van der Waals surface area contributed by atoms with E-state index in [0.29, 0.717) is 24.4 Å². The normalized spacial score (nSPS) is 26.8. The second-order valence-electron chi connectivity index (χ2n) is 5.66. The van der Waals surface area contributed by atoms with Crippen molar-refractivity contribution in [2.24, 2.45) is 0 Å². The van der Waals surface area contributed by atoms with Gasteiger partial charge in [-0.2, -0.15) is 0 Å². The van der Waals surface area contributed by atoms with Gasteiger partial charge in [-0.15, -0.1) is 0 Å². The molecule has 3 heteroatoms. The summed E-state index contributed by atoms with van der Waals surface area (Å²) < 4.78 is 0. The molecule has 2 aliphatic rings. The fraction of sp³-hybridized carbons (Fsp3) is 0.562. The number of carbonyl (C=O) groups is 1. The monoisotopic (exact) mass is 258 g/mol. The molecule has 1 aromatic carbocycles. The second-order valence-corrected chi connectivity index (χ2v) is 5.66. The van der Waals surface area contributed by atoms with Gasteiger partial charge in [0.05, 0.1) is 6.42 Å². The lowest BCUT2D eigenvalue weighted by Crippen LogP contribution is -2.47. The van der Waals surface area contributed by atoms with Gasteiger partial charge in [0.25, 0.3) is 0 Å². The molecule has 0 bridgehead atoms. The number of nitrogens with zero attached hydrogens (tertiary/aromatic N) is 1. The number of carbonyl (C=O) groups excluding carboxylic acids is 1. The number of hydrogen-bond donors (Lipinski definition) is 1. The van der Waals surface area contributed by atoms with Crippen molar-refractivity contribution >= 4 is 5.91 Å². The van der Waals surface area contributed by atoms with Crippen molar-refractivity contribution in [1.29, 1.82) is 0 Å². The van der Waals surface area contributed by atoms with Crippen LogP contribution >= 0.6 is 0 Å². The van der Waals surface area contributed by atoms with Crippen LogP contribution in [0.5, 0.6) is 0 Å². The van der Waals surface area contributed by atoms with Gasteiger partial charge in [-0.1, -0.05) is 30.3 Å². The van der Waals surface area contributed by atoms with Gasteiger partial charge in [-0.05, 0) is 37.8 Å². The van der Waals surface area contributed by atoms with Crippen molar-refractivity contribution in [2.75, 3.05) is 13.1 Å². The van der Waals surface area contributed by atoms with E-state index in [9.17, 15) is 4.79 Å². The van der Waals surface area contributed by atoms with Crippen LogP contribution in [-0.2, 0) is 11.2 Å². The fourth-order valence-corrected chi connectivity index (χ4v) is 3.43. The van der Waals surface area contributed by atoms with Crippen LogP contribution < -0.4 is 5.32 Å². The standard InChI is InChI=1S/C16H22N2O/c19-16(12-13-6-2-1-3-7-13)18-11-5-9-15(18)14-8-4-10-17-14/h1-3,6-7,14-15,17H,4-5,8-12H2. The number of nitrogens with one attached hydrogen (secondary N) is 1. The summed E-state index contributed by atoms with van der Waals surface area (Å²) in [6, 6.07) is 11.0. The SMILES string of the molecule is O=C(Cc1ccccc1)N1CCCC1C1CCCN1. The van der Waals surface area contributed by atoms with Crippen molar-refractivity contribution in [3.8, 4) is 0 Å². The van der Waals surface area contributed by atoms with E-state index < -0.39 is 0 Å². The third kappa shape index (κ3) is 2.81. The summed E-state index contributed by atoms with van der Waals surface area (Å²) in [5.41, 5.74) is 1.12. The van der Waals surface area contributed by atoms with E-state index in [0.717, 1.165) is 31.5 Å². The van der Waals surface area contributed by atoms with Gasteiger partial charge in [-0.3, -0.25) is 4.79 Å². The minimum Gasteiger partial charge on any atom is -0.338 e. The molecule has 2 fully saturated rings. The molecular formula is C16H22N2O. The van der Waals surface area contributed by atoms with E-state index in [2.05, 4.69) is 10.2 Å². The van der Waals surface area contributed by atoms with Gasteiger partial charge in [-0.25, -0.2) is 0 Å². The Bertz CT molecular complexity index is 426. The molecule has 1 amide bonds. The average Bonchev–Trinajstić information content (AvgIpc) is 3.10. The van der Waals surface area contributed by atoms with E-state index in [-0.39, 0.29) is 0 Å². The van der Waals surface area contributed by atoms with Crippen LogP contribution in [0.3, 0.4) is 0 Å². The van der Waals surface area contributed by atoms with Crippen LogP contribution in [0, 0.1) is 0 Å². The Labute approximate surface area is 115 Å². The van der Waals surface area contributed by atoms with Crippen molar-refractivity contribution in [2.45, 2.75) is 44.2 Å².